The summed E-state index contributed by atoms with van der Waals surface area (Å²) in [5.41, 5.74) is -1.28. The Hall–Kier alpha value is -1.97. The predicted octanol–water partition coefficient (Wildman–Crippen LogP) is 1.71. The zero-order chi connectivity index (χ0) is 17.1. The fourth-order valence-corrected chi connectivity index (χ4v) is 3.26. The third-order valence-corrected chi connectivity index (χ3v) is 4.36. The van der Waals surface area contributed by atoms with Crippen LogP contribution in [0.5, 0.6) is 5.88 Å². The van der Waals surface area contributed by atoms with Crippen LogP contribution in [0.15, 0.2) is 18.3 Å². The number of rotatable bonds is 5. The van der Waals surface area contributed by atoms with E-state index in [2.05, 4.69) is 15.0 Å². The van der Waals surface area contributed by atoms with Crippen LogP contribution in [0.2, 0.25) is 0 Å². The molecule has 1 fully saturated rings. The van der Waals surface area contributed by atoms with Gasteiger partial charge in [0.25, 0.3) is 5.91 Å². The molecule has 1 saturated heterocycles. The van der Waals surface area contributed by atoms with Crippen molar-refractivity contribution in [1.82, 2.24) is 10.3 Å². The molecule has 1 aromatic rings. The van der Waals surface area contributed by atoms with E-state index in [0.29, 0.717) is 12.2 Å². The normalized spacial score (nSPS) is 21.0. The lowest BCUT2D eigenvalue weighted by Gasteiger charge is -2.24. The van der Waals surface area contributed by atoms with Crippen LogP contribution < -0.4 is 10.1 Å². The predicted molar refractivity (Wildman–Crippen MR) is 75.6 cm³/mol. The van der Waals surface area contributed by atoms with Gasteiger partial charge < -0.3 is 15.2 Å². The first-order chi connectivity index (χ1) is 10.7. The standard InChI is InChI=1S/C13H13F3N2O4S/c14-13(15,16)6-22-9-2-1-8(5-17-9)10(19)18-12(11(20)21)3-4-23-7-12/h1-2,5H,3-4,6-7H2,(H,18,19)(H,20,21). The van der Waals surface area contributed by atoms with Gasteiger partial charge in [-0.1, -0.05) is 0 Å². The Labute approximate surface area is 133 Å². The lowest BCUT2D eigenvalue weighted by Crippen LogP contribution is -2.54. The number of ether oxygens (including phenoxy) is 1. The van der Waals surface area contributed by atoms with E-state index in [0.717, 1.165) is 12.3 Å². The van der Waals surface area contributed by atoms with Crippen LogP contribution in [0.4, 0.5) is 13.2 Å². The van der Waals surface area contributed by atoms with Gasteiger partial charge in [0.15, 0.2) is 6.61 Å². The average molecular weight is 350 g/mol. The molecule has 0 aromatic carbocycles. The number of thioether (sulfide) groups is 1. The summed E-state index contributed by atoms with van der Waals surface area (Å²) in [4.78, 5) is 27.1. The molecule has 2 heterocycles. The number of carbonyl (C=O) groups excluding carboxylic acids is 1. The van der Waals surface area contributed by atoms with Crippen molar-refractivity contribution >= 4 is 23.6 Å². The zero-order valence-corrected chi connectivity index (χ0v) is 12.5. The van der Waals surface area contributed by atoms with E-state index in [9.17, 15) is 27.9 Å². The number of amides is 1. The molecule has 1 aliphatic rings. The second-order valence-corrected chi connectivity index (χ2v) is 6.04. The molecule has 10 heteroatoms. The smallest absolute Gasteiger partial charge is 0.422 e. The van der Waals surface area contributed by atoms with Gasteiger partial charge in [-0.2, -0.15) is 24.9 Å². The van der Waals surface area contributed by atoms with Gasteiger partial charge in [0.1, 0.15) is 5.54 Å². The lowest BCUT2D eigenvalue weighted by atomic mass is 9.98. The second kappa shape index (κ2) is 6.65. The number of hydrogen-bond acceptors (Lipinski definition) is 5. The Morgan fingerprint density at radius 1 is 1.43 bits per heavy atom. The van der Waals surface area contributed by atoms with Crippen LogP contribution >= 0.6 is 11.8 Å². The van der Waals surface area contributed by atoms with Gasteiger partial charge in [-0.15, -0.1) is 0 Å². The van der Waals surface area contributed by atoms with Gasteiger partial charge in [0, 0.05) is 18.0 Å². The molecular formula is C13H13F3N2O4S. The Kier molecular flexibility index (Phi) is 5.03. The van der Waals surface area contributed by atoms with Crippen LogP contribution in [-0.2, 0) is 4.79 Å². The quantitative estimate of drug-likeness (QED) is 0.841. The van der Waals surface area contributed by atoms with Crippen molar-refractivity contribution in [3.63, 3.8) is 0 Å². The largest absolute Gasteiger partial charge is 0.479 e. The summed E-state index contributed by atoms with van der Waals surface area (Å²) >= 11 is 1.42. The number of aliphatic carboxylic acids is 1. The minimum absolute atomic E-state index is 0.0434. The minimum atomic E-state index is -4.48. The molecule has 0 aliphatic carbocycles. The van der Waals surface area contributed by atoms with E-state index in [-0.39, 0.29) is 17.2 Å². The molecule has 2 rings (SSSR count). The summed E-state index contributed by atoms with van der Waals surface area (Å²) in [6.45, 7) is -1.48. The Morgan fingerprint density at radius 2 is 2.17 bits per heavy atom. The van der Waals surface area contributed by atoms with E-state index in [1.165, 1.54) is 17.8 Å². The van der Waals surface area contributed by atoms with Gasteiger partial charge in [-0.05, 0) is 18.2 Å². The fourth-order valence-electron chi connectivity index (χ4n) is 1.93. The van der Waals surface area contributed by atoms with Crippen LogP contribution in [0.1, 0.15) is 16.8 Å². The molecule has 6 nitrogen and oxygen atoms in total. The molecule has 1 aliphatic heterocycles. The van der Waals surface area contributed by atoms with Crippen LogP contribution in [0.3, 0.4) is 0 Å². The summed E-state index contributed by atoms with van der Waals surface area (Å²) in [6.07, 6.45) is -3.14. The van der Waals surface area contributed by atoms with Gasteiger partial charge in [-0.3, -0.25) is 4.79 Å². The molecule has 0 spiro atoms. The number of halogens is 3. The van der Waals surface area contributed by atoms with Crippen LogP contribution in [0, 0.1) is 0 Å². The average Bonchev–Trinajstić information content (AvgIpc) is 2.95. The third kappa shape index (κ3) is 4.50. The number of aromatic nitrogens is 1. The molecule has 0 saturated carbocycles. The molecule has 1 atom stereocenters. The van der Waals surface area contributed by atoms with Crippen LogP contribution in [-0.4, -0.2) is 51.8 Å². The number of carbonyl (C=O) groups is 2. The topological polar surface area (TPSA) is 88.5 Å². The number of pyridine rings is 1. The van der Waals surface area contributed by atoms with Crippen molar-refractivity contribution < 1.29 is 32.6 Å². The number of nitrogens with one attached hydrogen (secondary N) is 1. The van der Waals surface area contributed by atoms with Crippen molar-refractivity contribution in [3.05, 3.63) is 23.9 Å². The van der Waals surface area contributed by atoms with E-state index in [4.69, 9.17) is 0 Å². The SMILES string of the molecule is O=C(NC1(C(=O)O)CCSC1)c1ccc(OCC(F)(F)F)nc1. The summed E-state index contributed by atoms with van der Waals surface area (Å²) in [5.74, 6) is -1.16. The van der Waals surface area contributed by atoms with E-state index < -0.39 is 30.2 Å². The molecule has 1 unspecified atom stereocenters. The Bertz CT molecular complexity index is 586. The molecule has 0 radical (unpaired) electrons. The van der Waals surface area contributed by atoms with E-state index in [1.807, 2.05) is 0 Å². The number of hydrogen-bond donors (Lipinski definition) is 2. The van der Waals surface area contributed by atoms with Crippen molar-refractivity contribution in [2.75, 3.05) is 18.1 Å². The third-order valence-electron chi connectivity index (χ3n) is 3.17. The number of alkyl halides is 3. The van der Waals surface area contributed by atoms with Gasteiger partial charge in [0.2, 0.25) is 5.88 Å². The molecule has 2 N–H and O–H groups in total. The lowest BCUT2D eigenvalue weighted by molar-refractivity contribution is -0.154. The fraction of sp³-hybridized carbons (Fsp3) is 0.462. The summed E-state index contributed by atoms with van der Waals surface area (Å²) in [6, 6.07) is 2.35. The first-order valence-corrected chi connectivity index (χ1v) is 7.67. The van der Waals surface area contributed by atoms with Crippen molar-refractivity contribution in [2.45, 2.75) is 18.1 Å². The van der Waals surface area contributed by atoms with Gasteiger partial charge >= 0.3 is 12.1 Å². The number of carboxylic acids is 1. The maximum atomic E-state index is 12.1. The maximum absolute atomic E-state index is 12.1. The number of carboxylic acid groups (broad SMARTS) is 1. The molecule has 1 aromatic heterocycles. The molecule has 126 valence electrons. The summed E-state index contributed by atoms with van der Waals surface area (Å²) in [7, 11) is 0. The Balaban J connectivity index is 2.01. The zero-order valence-electron chi connectivity index (χ0n) is 11.7. The highest BCUT2D eigenvalue weighted by atomic mass is 32.2. The van der Waals surface area contributed by atoms with Crippen molar-refractivity contribution in [2.24, 2.45) is 0 Å². The summed E-state index contributed by atoms with van der Waals surface area (Å²) < 4.78 is 40.5. The first kappa shape index (κ1) is 17.4. The maximum Gasteiger partial charge on any atom is 0.422 e. The summed E-state index contributed by atoms with van der Waals surface area (Å²) in [5, 5.41) is 11.7. The molecule has 0 bridgehead atoms. The van der Waals surface area contributed by atoms with Gasteiger partial charge in [-0.25, -0.2) is 9.78 Å². The highest BCUT2D eigenvalue weighted by Gasteiger charge is 2.43. The number of nitrogens with zero attached hydrogens (tertiary/aromatic N) is 1. The van der Waals surface area contributed by atoms with E-state index >= 15 is 0 Å². The highest BCUT2D eigenvalue weighted by molar-refractivity contribution is 7.99. The minimum Gasteiger partial charge on any atom is -0.479 e. The molecular weight excluding hydrogens is 337 g/mol. The van der Waals surface area contributed by atoms with E-state index in [1.54, 1.807) is 0 Å². The first-order valence-electron chi connectivity index (χ1n) is 6.51. The highest BCUT2D eigenvalue weighted by Crippen LogP contribution is 2.28. The molecule has 1 amide bonds. The Morgan fingerprint density at radius 3 is 2.65 bits per heavy atom. The van der Waals surface area contributed by atoms with Crippen molar-refractivity contribution in [3.8, 4) is 5.88 Å². The monoisotopic (exact) mass is 350 g/mol. The second-order valence-electron chi connectivity index (χ2n) is 4.93. The van der Waals surface area contributed by atoms with Gasteiger partial charge in [0.05, 0.1) is 5.56 Å². The van der Waals surface area contributed by atoms with Crippen LogP contribution in [0.25, 0.3) is 0 Å². The molecule has 23 heavy (non-hydrogen) atoms. The van der Waals surface area contributed by atoms with Crippen molar-refractivity contribution in [1.29, 1.82) is 0 Å².